The Morgan fingerprint density at radius 3 is 2.13 bits per heavy atom. The molecule has 0 radical (unpaired) electrons. The molecule has 39 heavy (non-hydrogen) atoms. The number of aromatic nitrogens is 3. The van der Waals surface area contributed by atoms with Crippen LogP contribution in [0.4, 0.5) is 0 Å². The van der Waals surface area contributed by atoms with Crippen molar-refractivity contribution in [3.63, 3.8) is 0 Å². The van der Waals surface area contributed by atoms with Gasteiger partial charge in [0, 0.05) is 52.1 Å². The molecule has 0 bridgehead atoms. The minimum atomic E-state index is -0.187. The molecule has 196 valence electrons. The molecule has 9 nitrogen and oxygen atoms in total. The van der Waals surface area contributed by atoms with E-state index in [9.17, 15) is 9.59 Å². The van der Waals surface area contributed by atoms with Crippen molar-refractivity contribution in [2.24, 2.45) is 0 Å². The van der Waals surface area contributed by atoms with Gasteiger partial charge in [0.15, 0.2) is 17.3 Å². The number of carbonyl (C=O) groups is 2. The van der Waals surface area contributed by atoms with Crippen LogP contribution in [-0.4, -0.2) is 64.8 Å². The molecule has 0 aliphatic rings. The van der Waals surface area contributed by atoms with E-state index in [0.717, 1.165) is 5.52 Å². The van der Waals surface area contributed by atoms with E-state index in [4.69, 9.17) is 14.5 Å². The first-order valence-electron chi connectivity index (χ1n) is 12.2. The SMILES string of the molecule is CN(C)C(=O)c1ccc(Oc2cc3[nH]c(-c4ccccn4)nc3cc2Oc2ccccc2C(=O)N(C)C)cc1. The van der Waals surface area contributed by atoms with Gasteiger partial charge in [0.05, 0.1) is 16.6 Å². The van der Waals surface area contributed by atoms with Gasteiger partial charge in [0.25, 0.3) is 11.8 Å². The average Bonchev–Trinajstić information content (AvgIpc) is 3.36. The summed E-state index contributed by atoms with van der Waals surface area (Å²) in [6.45, 7) is 0. The highest BCUT2D eigenvalue weighted by Gasteiger charge is 2.19. The van der Waals surface area contributed by atoms with E-state index in [1.807, 2.05) is 18.2 Å². The number of carbonyl (C=O) groups excluding carboxylic acids is 2. The number of benzene rings is 3. The Hall–Kier alpha value is -5.18. The van der Waals surface area contributed by atoms with Gasteiger partial charge < -0.3 is 24.3 Å². The van der Waals surface area contributed by atoms with Crippen LogP contribution in [-0.2, 0) is 0 Å². The quantitative estimate of drug-likeness (QED) is 0.299. The molecule has 5 aromatic rings. The van der Waals surface area contributed by atoms with E-state index in [1.165, 1.54) is 9.80 Å². The zero-order chi connectivity index (χ0) is 27.5. The normalized spacial score (nSPS) is 10.8. The molecule has 0 saturated carbocycles. The summed E-state index contributed by atoms with van der Waals surface area (Å²) >= 11 is 0. The van der Waals surface area contributed by atoms with Gasteiger partial charge in [-0.25, -0.2) is 4.98 Å². The molecule has 0 atom stereocenters. The van der Waals surface area contributed by atoms with Crippen LogP contribution in [0.25, 0.3) is 22.6 Å². The zero-order valence-electron chi connectivity index (χ0n) is 22.0. The summed E-state index contributed by atoms with van der Waals surface area (Å²) in [5.74, 6) is 1.97. The summed E-state index contributed by atoms with van der Waals surface area (Å²) in [6, 6.07) is 23.0. The smallest absolute Gasteiger partial charge is 0.257 e. The van der Waals surface area contributed by atoms with Gasteiger partial charge in [-0.05, 0) is 48.5 Å². The van der Waals surface area contributed by atoms with Crippen molar-refractivity contribution in [2.45, 2.75) is 0 Å². The second-order valence-electron chi connectivity index (χ2n) is 9.24. The lowest BCUT2D eigenvalue weighted by Gasteiger charge is -2.17. The number of fused-ring (bicyclic) bond motifs is 1. The minimum absolute atomic E-state index is 0.103. The maximum absolute atomic E-state index is 12.8. The van der Waals surface area contributed by atoms with E-state index >= 15 is 0 Å². The number of hydrogen-bond acceptors (Lipinski definition) is 6. The molecule has 0 fully saturated rings. The summed E-state index contributed by atoms with van der Waals surface area (Å²) in [6.07, 6.45) is 1.70. The molecule has 0 aliphatic carbocycles. The zero-order valence-corrected chi connectivity index (χ0v) is 22.0. The number of ether oxygens (including phenoxy) is 2. The predicted octanol–water partition coefficient (Wildman–Crippen LogP) is 5.61. The number of hydrogen-bond donors (Lipinski definition) is 1. The minimum Gasteiger partial charge on any atom is -0.453 e. The highest BCUT2D eigenvalue weighted by Crippen LogP contribution is 2.39. The third kappa shape index (κ3) is 5.42. The molecule has 2 heterocycles. The summed E-state index contributed by atoms with van der Waals surface area (Å²) in [4.78, 5) is 40.5. The lowest BCUT2D eigenvalue weighted by molar-refractivity contribution is 0.0818. The summed E-state index contributed by atoms with van der Waals surface area (Å²) in [5, 5.41) is 0. The monoisotopic (exact) mass is 521 g/mol. The van der Waals surface area contributed by atoms with Crippen molar-refractivity contribution in [1.29, 1.82) is 0 Å². The van der Waals surface area contributed by atoms with Gasteiger partial charge in [0.2, 0.25) is 0 Å². The van der Waals surface area contributed by atoms with Crippen molar-refractivity contribution >= 4 is 22.8 Å². The number of pyridine rings is 1. The molecular weight excluding hydrogens is 494 g/mol. The first kappa shape index (κ1) is 25.5. The average molecular weight is 522 g/mol. The first-order chi connectivity index (χ1) is 18.8. The Morgan fingerprint density at radius 1 is 0.744 bits per heavy atom. The Balaban J connectivity index is 1.57. The molecular formula is C30H27N5O4. The van der Waals surface area contributed by atoms with Crippen LogP contribution in [0, 0.1) is 0 Å². The van der Waals surface area contributed by atoms with E-state index in [2.05, 4.69) is 9.97 Å². The number of nitrogens with zero attached hydrogens (tertiary/aromatic N) is 4. The number of amides is 2. The number of nitrogens with one attached hydrogen (secondary N) is 1. The highest BCUT2D eigenvalue weighted by atomic mass is 16.5. The largest absolute Gasteiger partial charge is 0.453 e. The highest BCUT2D eigenvalue weighted by molar-refractivity contribution is 5.97. The number of para-hydroxylation sites is 1. The Labute approximate surface area is 225 Å². The number of aromatic amines is 1. The molecule has 3 aromatic carbocycles. The maximum Gasteiger partial charge on any atom is 0.257 e. The fourth-order valence-electron chi connectivity index (χ4n) is 3.94. The summed E-state index contributed by atoms with van der Waals surface area (Å²) in [7, 11) is 6.78. The maximum atomic E-state index is 12.8. The Bertz CT molecular complexity index is 1640. The Morgan fingerprint density at radius 2 is 1.44 bits per heavy atom. The lowest BCUT2D eigenvalue weighted by atomic mass is 10.1. The fourth-order valence-corrected chi connectivity index (χ4v) is 3.94. The van der Waals surface area contributed by atoms with Crippen molar-refractivity contribution < 1.29 is 19.1 Å². The van der Waals surface area contributed by atoms with Crippen molar-refractivity contribution in [1.82, 2.24) is 24.8 Å². The van der Waals surface area contributed by atoms with Gasteiger partial charge in [-0.2, -0.15) is 0 Å². The van der Waals surface area contributed by atoms with Crippen LogP contribution < -0.4 is 9.47 Å². The van der Waals surface area contributed by atoms with Crippen molar-refractivity contribution in [3.8, 4) is 34.5 Å². The van der Waals surface area contributed by atoms with Crippen LogP contribution in [0.2, 0.25) is 0 Å². The first-order valence-corrected chi connectivity index (χ1v) is 12.2. The number of imidazole rings is 1. The van der Waals surface area contributed by atoms with Crippen LogP contribution in [0.15, 0.2) is 85.1 Å². The molecule has 2 amide bonds. The van der Waals surface area contributed by atoms with Crippen LogP contribution >= 0.6 is 0 Å². The fraction of sp³-hybridized carbons (Fsp3) is 0.133. The molecule has 0 spiro atoms. The standard InChI is InChI=1S/C30H27N5O4/c1-34(2)29(36)19-12-14-20(15-13-19)38-26-17-23-24(33-28(32-23)22-10-7-8-16-31-22)18-27(26)39-25-11-6-5-9-21(25)30(37)35(3)4/h5-18H,1-4H3,(H,32,33). The Kier molecular flexibility index (Phi) is 6.96. The third-order valence-electron chi connectivity index (χ3n) is 5.93. The van der Waals surface area contributed by atoms with E-state index in [-0.39, 0.29) is 11.8 Å². The number of rotatable bonds is 7. The molecule has 9 heteroatoms. The predicted molar refractivity (Wildman–Crippen MR) is 148 cm³/mol. The second-order valence-corrected chi connectivity index (χ2v) is 9.24. The second kappa shape index (κ2) is 10.7. The molecule has 0 unspecified atom stereocenters. The molecule has 5 rings (SSSR count). The van der Waals surface area contributed by atoms with E-state index < -0.39 is 0 Å². The van der Waals surface area contributed by atoms with Crippen LogP contribution in [0.3, 0.4) is 0 Å². The van der Waals surface area contributed by atoms with Gasteiger partial charge in [0.1, 0.15) is 17.2 Å². The van der Waals surface area contributed by atoms with E-state index in [0.29, 0.717) is 51.2 Å². The molecule has 2 aromatic heterocycles. The molecule has 1 N–H and O–H groups in total. The van der Waals surface area contributed by atoms with E-state index in [1.54, 1.807) is 95.1 Å². The van der Waals surface area contributed by atoms with Gasteiger partial charge >= 0.3 is 0 Å². The van der Waals surface area contributed by atoms with Crippen LogP contribution in [0.5, 0.6) is 23.0 Å². The summed E-state index contributed by atoms with van der Waals surface area (Å²) in [5.41, 5.74) is 3.01. The molecule has 0 saturated heterocycles. The van der Waals surface area contributed by atoms with Gasteiger partial charge in [-0.3, -0.25) is 14.6 Å². The third-order valence-corrected chi connectivity index (χ3v) is 5.93. The topological polar surface area (TPSA) is 101 Å². The number of H-pyrrole nitrogens is 1. The lowest BCUT2D eigenvalue weighted by Crippen LogP contribution is -2.22. The summed E-state index contributed by atoms with van der Waals surface area (Å²) < 4.78 is 12.5. The molecule has 0 aliphatic heterocycles. The van der Waals surface area contributed by atoms with Gasteiger partial charge in [-0.15, -0.1) is 0 Å². The van der Waals surface area contributed by atoms with Crippen molar-refractivity contribution in [3.05, 3.63) is 96.2 Å². The van der Waals surface area contributed by atoms with Gasteiger partial charge in [-0.1, -0.05) is 18.2 Å². The van der Waals surface area contributed by atoms with Crippen LogP contribution in [0.1, 0.15) is 20.7 Å². The van der Waals surface area contributed by atoms with Crippen molar-refractivity contribution in [2.75, 3.05) is 28.2 Å².